The smallest absolute Gasteiger partial charge is 0.361 e. The largest absolute Gasteiger partial charge is 0.391 e. The highest BCUT2D eigenvalue weighted by Crippen LogP contribution is 2.26. The molecule has 3 heteroatoms. The average Bonchev–Trinajstić information content (AvgIpc) is 1.97. The van der Waals surface area contributed by atoms with Gasteiger partial charge in [0.15, 0.2) is 0 Å². The SMILES string of the molecule is C=C[Si]1(C)OCC(C)(C)CO1. The van der Waals surface area contributed by atoms with Gasteiger partial charge < -0.3 is 8.85 Å². The van der Waals surface area contributed by atoms with Crippen LogP contribution in [0.2, 0.25) is 6.55 Å². The van der Waals surface area contributed by atoms with Gasteiger partial charge in [-0.05, 0) is 12.2 Å². The molecule has 0 aromatic rings. The van der Waals surface area contributed by atoms with Crippen LogP contribution in [0.15, 0.2) is 12.3 Å². The molecule has 1 rings (SSSR count). The first-order valence-electron chi connectivity index (χ1n) is 3.89. The van der Waals surface area contributed by atoms with Crippen LogP contribution >= 0.6 is 0 Å². The standard InChI is InChI=1S/C8H16O2Si/c1-5-11(4)9-6-8(2,3)7-10-11/h5H,1,6-7H2,2-4H3. The van der Waals surface area contributed by atoms with Gasteiger partial charge in [0.2, 0.25) is 0 Å². The lowest BCUT2D eigenvalue weighted by Gasteiger charge is -2.38. The van der Waals surface area contributed by atoms with E-state index < -0.39 is 8.56 Å². The van der Waals surface area contributed by atoms with Gasteiger partial charge in [-0.1, -0.05) is 13.8 Å². The molecule has 1 fully saturated rings. The van der Waals surface area contributed by atoms with E-state index in [0.717, 1.165) is 13.2 Å². The molecule has 0 atom stereocenters. The summed E-state index contributed by atoms with van der Waals surface area (Å²) >= 11 is 0. The Morgan fingerprint density at radius 1 is 1.36 bits per heavy atom. The molecule has 11 heavy (non-hydrogen) atoms. The predicted molar refractivity (Wildman–Crippen MR) is 47.5 cm³/mol. The molecule has 2 nitrogen and oxygen atoms in total. The van der Waals surface area contributed by atoms with Crippen molar-refractivity contribution in [2.24, 2.45) is 5.41 Å². The van der Waals surface area contributed by atoms with Gasteiger partial charge in [0, 0.05) is 18.6 Å². The Hall–Kier alpha value is -0.123. The van der Waals surface area contributed by atoms with Gasteiger partial charge in [0.1, 0.15) is 0 Å². The molecule has 1 aliphatic heterocycles. The minimum absolute atomic E-state index is 0.176. The van der Waals surface area contributed by atoms with E-state index in [1.807, 2.05) is 12.2 Å². The summed E-state index contributed by atoms with van der Waals surface area (Å²) in [6.07, 6.45) is 0. The quantitative estimate of drug-likeness (QED) is 0.562. The van der Waals surface area contributed by atoms with Crippen LogP contribution in [-0.2, 0) is 8.85 Å². The van der Waals surface area contributed by atoms with Crippen LogP contribution in [0.5, 0.6) is 0 Å². The second-order valence-corrected chi connectivity index (χ2v) is 6.98. The van der Waals surface area contributed by atoms with Crippen molar-refractivity contribution in [3.8, 4) is 0 Å². The number of rotatable bonds is 1. The van der Waals surface area contributed by atoms with Gasteiger partial charge in [-0.25, -0.2) is 0 Å². The Morgan fingerprint density at radius 3 is 2.18 bits per heavy atom. The maximum absolute atomic E-state index is 5.63. The van der Waals surface area contributed by atoms with Gasteiger partial charge in [-0.2, -0.15) is 0 Å². The molecule has 1 saturated heterocycles. The van der Waals surface area contributed by atoms with Crippen molar-refractivity contribution in [1.82, 2.24) is 0 Å². The summed E-state index contributed by atoms with van der Waals surface area (Å²) in [5.74, 6) is 0. The van der Waals surface area contributed by atoms with E-state index in [1.165, 1.54) is 0 Å². The molecule has 0 amide bonds. The molecule has 0 saturated carbocycles. The second kappa shape index (κ2) is 2.73. The van der Waals surface area contributed by atoms with Gasteiger partial charge in [-0.3, -0.25) is 0 Å². The van der Waals surface area contributed by atoms with Crippen molar-refractivity contribution in [2.45, 2.75) is 20.4 Å². The fourth-order valence-corrected chi connectivity index (χ4v) is 2.55. The first-order valence-corrected chi connectivity index (χ1v) is 6.28. The van der Waals surface area contributed by atoms with Crippen LogP contribution in [0.1, 0.15) is 13.8 Å². The van der Waals surface area contributed by atoms with E-state index in [9.17, 15) is 0 Å². The third kappa shape index (κ3) is 2.15. The molecule has 0 unspecified atom stereocenters. The molecule has 0 radical (unpaired) electrons. The van der Waals surface area contributed by atoms with Gasteiger partial charge in [0.05, 0.1) is 0 Å². The first-order chi connectivity index (χ1) is 4.97. The van der Waals surface area contributed by atoms with Crippen LogP contribution in [0.3, 0.4) is 0 Å². The van der Waals surface area contributed by atoms with Crippen molar-refractivity contribution in [3.63, 3.8) is 0 Å². The van der Waals surface area contributed by atoms with E-state index in [-0.39, 0.29) is 5.41 Å². The van der Waals surface area contributed by atoms with Crippen molar-refractivity contribution in [1.29, 1.82) is 0 Å². The summed E-state index contributed by atoms with van der Waals surface area (Å²) in [4.78, 5) is 0. The van der Waals surface area contributed by atoms with Gasteiger partial charge >= 0.3 is 8.56 Å². The zero-order valence-corrected chi connectivity index (χ0v) is 8.52. The molecule has 0 aliphatic carbocycles. The minimum Gasteiger partial charge on any atom is -0.391 e. The predicted octanol–water partition coefficient (Wildman–Crippen LogP) is 1.86. The molecular weight excluding hydrogens is 156 g/mol. The Kier molecular flexibility index (Phi) is 2.23. The average molecular weight is 172 g/mol. The van der Waals surface area contributed by atoms with E-state index >= 15 is 0 Å². The minimum atomic E-state index is -1.94. The van der Waals surface area contributed by atoms with Crippen molar-refractivity contribution in [2.75, 3.05) is 13.2 Å². The lowest BCUT2D eigenvalue weighted by atomic mass is 9.97. The molecule has 64 valence electrons. The maximum Gasteiger partial charge on any atom is 0.361 e. The van der Waals surface area contributed by atoms with E-state index in [2.05, 4.69) is 20.4 Å². The molecule has 0 spiro atoms. The third-order valence-electron chi connectivity index (χ3n) is 1.87. The molecular formula is C8H16O2Si. The molecule has 0 bridgehead atoms. The highest BCUT2D eigenvalue weighted by atomic mass is 28.4. The number of hydrogen-bond acceptors (Lipinski definition) is 2. The highest BCUT2D eigenvalue weighted by molar-refractivity contribution is 6.71. The summed E-state index contributed by atoms with van der Waals surface area (Å²) in [5, 5.41) is 0. The summed E-state index contributed by atoms with van der Waals surface area (Å²) in [6.45, 7) is 11.6. The lowest BCUT2D eigenvalue weighted by molar-refractivity contribution is 0.0202. The Morgan fingerprint density at radius 2 is 1.82 bits per heavy atom. The van der Waals surface area contributed by atoms with E-state index in [1.54, 1.807) is 0 Å². The summed E-state index contributed by atoms with van der Waals surface area (Å²) in [5.41, 5.74) is 2.01. The van der Waals surface area contributed by atoms with Crippen molar-refractivity contribution >= 4 is 8.56 Å². The van der Waals surface area contributed by atoms with Crippen molar-refractivity contribution < 1.29 is 8.85 Å². The third-order valence-corrected chi connectivity index (χ3v) is 4.05. The molecule has 0 aromatic heterocycles. The molecule has 1 aliphatic rings. The van der Waals surface area contributed by atoms with E-state index in [4.69, 9.17) is 8.85 Å². The highest BCUT2D eigenvalue weighted by Gasteiger charge is 2.37. The number of hydrogen-bond donors (Lipinski definition) is 0. The molecule has 0 aromatic carbocycles. The Bertz CT molecular complexity index is 155. The monoisotopic (exact) mass is 172 g/mol. The Labute approximate surface area is 69.5 Å². The van der Waals surface area contributed by atoms with Crippen LogP contribution in [0, 0.1) is 5.41 Å². The van der Waals surface area contributed by atoms with Crippen LogP contribution in [0.4, 0.5) is 0 Å². The molecule has 0 N–H and O–H groups in total. The summed E-state index contributed by atoms with van der Waals surface area (Å²) in [7, 11) is -1.94. The topological polar surface area (TPSA) is 18.5 Å². The second-order valence-electron chi connectivity index (χ2n) is 3.96. The van der Waals surface area contributed by atoms with E-state index in [0.29, 0.717) is 0 Å². The van der Waals surface area contributed by atoms with Crippen LogP contribution in [-0.4, -0.2) is 21.8 Å². The fourth-order valence-electron chi connectivity index (χ4n) is 0.879. The first kappa shape index (κ1) is 8.97. The van der Waals surface area contributed by atoms with Crippen molar-refractivity contribution in [3.05, 3.63) is 12.3 Å². The maximum atomic E-state index is 5.63. The Balaban J connectivity index is 2.54. The fraction of sp³-hybridized carbons (Fsp3) is 0.750. The normalized spacial score (nSPS) is 27.9. The van der Waals surface area contributed by atoms with Crippen LogP contribution < -0.4 is 0 Å². The van der Waals surface area contributed by atoms with Gasteiger partial charge in [0.25, 0.3) is 0 Å². The molecule has 1 heterocycles. The summed E-state index contributed by atoms with van der Waals surface area (Å²) < 4.78 is 11.3. The summed E-state index contributed by atoms with van der Waals surface area (Å²) in [6, 6.07) is 0. The zero-order chi connectivity index (χ0) is 8.54. The van der Waals surface area contributed by atoms with Crippen LogP contribution in [0.25, 0.3) is 0 Å². The van der Waals surface area contributed by atoms with Gasteiger partial charge in [-0.15, -0.1) is 6.58 Å². The lowest BCUT2D eigenvalue weighted by Crippen LogP contribution is -2.48. The zero-order valence-electron chi connectivity index (χ0n) is 7.52.